The van der Waals surface area contributed by atoms with Crippen LogP contribution in [-0.2, 0) is 17.6 Å². The molecule has 1 aromatic heterocycles. The van der Waals surface area contributed by atoms with Crippen molar-refractivity contribution >= 4 is 47.3 Å². The number of hydrogen-bond acceptors (Lipinski definition) is 4. The molecule has 1 aromatic carbocycles. The maximum absolute atomic E-state index is 12.9. The van der Waals surface area contributed by atoms with Gasteiger partial charge in [-0.2, -0.15) is 13.2 Å². The van der Waals surface area contributed by atoms with Gasteiger partial charge in [0.15, 0.2) is 5.82 Å². The van der Waals surface area contributed by atoms with Gasteiger partial charge in [-0.05, 0) is 30.5 Å². The summed E-state index contributed by atoms with van der Waals surface area (Å²) in [6, 6.07) is 4.56. The van der Waals surface area contributed by atoms with Crippen LogP contribution in [0.5, 0.6) is 0 Å². The number of nitrogens with zero attached hydrogens (tertiary/aromatic N) is 2. The standard InChI is InChI=1S/C16H21F3N2OS2Si/c1-24-15(23)14-20-12-9-11(16(17,18)19)5-6-13(12)21(14)10-22-7-8-25(2,3)4/h5-6,9H,7-8,10H2,1-4H3. The molecule has 0 N–H and O–H groups in total. The zero-order valence-corrected chi connectivity index (χ0v) is 17.2. The van der Waals surface area contributed by atoms with Crippen LogP contribution < -0.4 is 0 Å². The van der Waals surface area contributed by atoms with Gasteiger partial charge in [-0.15, -0.1) is 11.8 Å². The number of aromatic nitrogens is 2. The number of benzene rings is 1. The normalized spacial score (nSPS) is 12.8. The summed E-state index contributed by atoms with van der Waals surface area (Å²) in [6.07, 6.45) is -2.58. The van der Waals surface area contributed by atoms with E-state index in [2.05, 4.69) is 24.6 Å². The predicted octanol–water partition coefficient (Wildman–Crippen LogP) is 5.41. The molecule has 0 unspecified atom stereocenters. The number of hydrogen-bond donors (Lipinski definition) is 0. The van der Waals surface area contributed by atoms with E-state index < -0.39 is 19.8 Å². The van der Waals surface area contributed by atoms with E-state index in [4.69, 9.17) is 17.0 Å². The van der Waals surface area contributed by atoms with Gasteiger partial charge in [0, 0.05) is 14.7 Å². The lowest BCUT2D eigenvalue weighted by molar-refractivity contribution is -0.137. The van der Waals surface area contributed by atoms with E-state index in [-0.39, 0.29) is 12.2 Å². The number of rotatable bonds is 6. The molecule has 0 saturated heterocycles. The summed E-state index contributed by atoms with van der Waals surface area (Å²) in [5.74, 6) is 0.477. The minimum Gasteiger partial charge on any atom is -0.361 e. The van der Waals surface area contributed by atoms with Crippen LogP contribution in [0.2, 0.25) is 25.7 Å². The Labute approximate surface area is 156 Å². The average molecular weight is 407 g/mol. The molecule has 0 spiro atoms. The molecule has 0 aliphatic rings. The van der Waals surface area contributed by atoms with Crippen molar-refractivity contribution in [1.29, 1.82) is 0 Å². The van der Waals surface area contributed by atoms with Gasteiger partial charge in [-0.3, -0.25) is 4.57 Å². The molecular weight excluding hydrogens is 385 g/mol. The Morgan fingerprint density at radius 1 is 1.32 bits per heavy atom. The first kappa shape index (κ1) is 20.4. The number of fused-ring (bicyclic) bond motifs is 1. The molecule has 0 bridgehead atoms. The van der Waals surface area contributed by atoms with Crippen LogP contribution in [-0.4, -0.2) is 34.7 Å². The summed E-state index contributed by atoms with van der Waals surface area (Å²) in [4.78, 5) is 4.31. The summed E-state index contributed by atoms with van der Waals surface area (Å²) in [7, 11) is -1.21. The van der Waals surface area contributed by atoms with E-state index in [1.165, 1.54) is 17.8 Å². The van der Waals surface area contributed by atoms with Gasteiger partial charge in [0.1, 0.15) is 10.9 Å². The quantitative estimate of drug-likeness (QED) is 0.364. The van der Waals surface area contributed by atoms with Crippen molar-refractivity contribution in [3.8, 4) is 0 Å². The van der Waals surface area contributed by atoms with Crippen molar-refractivity contribution in [2.45, 2.75) is 38.6 Å². The second-order valence-electron chi connectivity index (χ2n) is 6.90. The molecule has 25 heavy (non-hydrogen) atoms. The first-order chi connectivity index (χ1) is 11.5. The Bertz CT molecular complexity index is 769. The first-order valence-electron chi connectivity index (χ1n) is 7.76. The van der Waals surface area contributed by atoms with E-state index >= 15 is 0 Å². The van der Waals surface area contributed by atoms with Gasteiger partial charge in [-0.1, -0.05) is 31.9 Å². The summed E-state index contributed by atoms with van der Waals surface area (Å²) in [5, 5.41) is 0. The highest BCUT2D eigenvalue weighted by atomic mass is 32.2. The lowest BCUT2D eigenvalue weighted by atomic mass is 10.2. The molecule has 0 atom stereocenters. The minimum atomic E-state index is -4.40. The van der Waals surface area contributed by atoms with Gasteiger partial charge in [0.25, 0.3) is 0 Å². The third-order valence-corrected chi connectivity index (χ3v) is 6.60. The van der Waals surface area contributed by atoms with Gasteiger partial charge < -0.3 is 4.74 Å². The second-order valence-corrected chi connectivity index (χ2v) is 14.0. The third-order valence-electron chi connectivity index (χ3n) is 3.66. The van der Waals surface area contributed by atoms with E-state index in [0.29, 0.717) is 22.1 Å². The Hall–Kier alpha value is -0.903. The van der Waals surface area contributed by atoms with E-state index in [0.717, 1.165) is 18.2 Å². The van der Waals surface area contributed by atoms with Gasteiger partial charge in [0.05, 0.1) is 16.6 Å². The smallest absolute Gasteiger partial charge is 0.361 e. The van der Waals surface area contributed by atoms with Gasteiger partial charge in [-0.25, -0.2) is 4.98 Å². The Morgan fingerprint density at radius 3 is 2.56 bits per heavy atom. The lowest BCUT2D eigenvalue weighted by Crippen LogP contribution is -2.22. The van der Waals surface area contributed by atoms with Crippen LogP contribution in [0.3, 0.4) is 0 Å². The fourth-order valence-corrected chi connectivity index (χ4v) is 3.47. The molecule has 3 nitrogen and oxygen atoms in total. The average Bonchev–Trinajstić information content (AvgIpc) is 2.87. The molecule has 0 fully saturated rings. The number of alkyl halides is 3. The van der Waals surface area contributed by atoms with Crippen LogP contribution in [0.4, 0.5) is 13.2 Å². The number of imidazole rings is 1. The van der Waals surface area contributed by atoms with Crippen LogP contribution in [0.15, 0.2) is 18.2 Å². The van der Waals surface area contributed by atoms with Gasteiger partial charge >= 0.3 is 6.18 Å². The lowest BCUT2D eigenvalue weighted by Gasteiger charge is -2.16. The molecule has 0 aliphatic heterocycles. The molecule has 0 amide bonds. The van der Waals surface area contributed by atoms with Crippen molar-refractivity contribution in [2.24, 2.45) is 0 Å². The number of thioether (sulfide) groups is 1. The first-order valence-corrected chi connectivity index (χ1v) is 13.1. The largest absolute Gasteiger partial charge is 0.416 e. The van der Waals surface area contributed by atoms with Crippen LogP contribution in [0.25, 0.3) is 11.0 Å². The SMILES string of the molecule is CSC(=S)c1nc2cc(C(F)(F)F)ccc2n1COCC[Si](C)(C)C. The predicted molar refractivity (Wildman–Crippen MR) is 104 cm³/mol. The molecule has 0 aliphatic carbocycles. The highest BCUT2D eigenvalue weighted by molar-refractivity contribution is 8.23. The van der Waals surface area contributed by atoms with Crippen LogP contribution >= 0.6 is 24.0 Å². The summed E-state index contributed by atoms with van der Waals surface area (Å²) in [6.45, 7) is 7.62. The molecule has 138 valence electrons. The Kier molecular flexibility index (Phi) is 6.34. The molecule has 2 aromatic rings. The van der Waals surface area contributed by atoms with Crippen molar-refractivity contribution in [1.82, 2.24) is 9.55 Å². The van der Waals surface area contributed by atoms with E-state index in [1.54, 1.807) is 4.57 Å². The highest BCUT2D eigenvalue weighted by Gasteiger charge is 2.31. The molecule has 9 heteroatoms. The van der Waals surface area contributed by atoms with Crippen molar-refractivity contribution in [3.05, 3.63) is 29.6 Å². The highest BCUT2D eigenvalue weighted by Crippen LogP contribution is 2.32. The monoisotopic (exact) mass is 406 g/mol. The fraction of sp³-hybridized carbons (Fsp3) is 0.500. The molecule has 0 radical (unpaired) electrons. The zero-order valence-electron chi connectivity index (χ0n) is 14.6. The summed E-state index contributed by atoms with van der Waals surface area (Å²) < 4.78 is 46.8. The van der Waals surface area contributed by atoms with Crippen molar-refractivity contribution < 1.29 is 17.9 Å². The maximum Gasteiger partial charge on any atom is 0.416 e. The summed E-state index contributed by atoms with van der Waals surface area (Å²) in [5.41, 5.74) is 0.147. The zero-order chi connectivity index (χ0) is 18.8. The Morgan fingerprint density at radius 2 is 2.00 bits per heavy atom. The molecular formula is C16H21F3N2OS2Si. The topological polar surface area (TPSA) is 27.1 Å². The Balaban J connectivity index is 2.33. The van der Waals surface area contributed by atoms with Crippen molar-refractivity contribution in [2.75, 3.05) is 12.9 Å². The van der Waals surface area contributed by atoms with Crippen LogP contribution in [0, 0.1) is 0 Å². The number of ether oxygens (including phenoxy) is 1. The van der Waals surface area contributed by atoms with Crippen LogP contribution in [0.1, 0.15) is 11.4 Å². The third kappa shape index (κ3) is 5.29. The maximum atomic E-state index is 12.9. The van der Waals surface area contributed by atoms with E-state index in [9.17, 15) is 13.2 Å². The molecule has 0 saturated carbocycles. The van der Waals surface area contributed by atoms with Gasteiger partial charge in [0.2, 0.25) is 0 Å². The number of halogens is 3. The second kappa shape index (κ2) is 7.77. The minimum absolute atomic E-state index is 0.225. The number of thiocarbonyl (C=S) groups is 1. The van der Waals surface area contributed by atoms with E-state index in [1.807, 2.05) is 6.26 Å². The molecule has 1 heterocycles. The fourth-order valence-electron chi connectivity index (χ4n) is 2.22. The molecule has 2 rings (SSSR count). The summed E-state index contributed by atoms with van der Waals surface area (Å²) >= 11 is 6.64. The van der Waals surface area contributed by atoms with Crippen molar-refractivity contribution in [3.63, 3.8) is 0 Å².